The first kappa shape index (κ1) is 17.3. The number of anilines is 3. The molecule has 2 aliphatic rings. The van der Waals surface area contributed by atoms with E-state index < -0.39 is 5.92 Å². The Hall–Kier alpha value is -3.08. The summed E-state index contributed by atoms with van der Waals surface area (Å²) in [5.41, 5.74) is 3.87. The lowest BCUT2D eigenvalue weighted by molar-refractivity contribution is -0.129. The number of benzene rings is 2. The van der Waals surface area contributed by atoms with Gasteiger partial charge in [-0.05, 0) is 38.1 Å². The van der Waals surface area contributed by atoms with E-state index in [9.17, 15) is 9.59 Å². The Bertz CT molecular complexity index is 906. The predicted molar refractivity (Wildman–Crippen MR) is 108 cm³/mol. The molecule has 4 rings (SSSR count). The lowest BCUT2D eigenvalue weighted by atomic mass is 9.93. The van der Waals surface area contributed by atoms with Gasteiger partial charge < -0.3 is 10.2 Å². The summed E-state index contributed by atoms with van der Waals surface area (Å²) in [4.78, 5) is 29.7. The molecule has 27 heavy (non-hydrogen) atoms. The van der Waals surface area contributed by atoms with E-state index >= 15 is 0 Å². The van der Waals surface area contributed by atoms with Gasteiger partial charge in [0.05, 0.1) is 17.4 Å². The van der Waals surface area contributed by atoms with Crippen LogP contribution >= 0.6 is 0 Å². The van der Waals surface area contributed by atoms with Crippen LogP contribution in [0.4, 0.5) is 17.1 Å². The van der Waals surface area contributed by atoms with Gasteiger partial charge in [0, 0.05) is 12.2 Å². The average Bonchev–Trinajstić information content (AvgIpc) is 2.94. The minimum atomic E-state index is -0.711. The summed E-state index contributed by atoms with van der Waals surface area (Å²) in [6.07, 6.45) is 1.50. The largest absolute Gasteiger partial charge is 0.361 e. The predicted octanol–water partition coefficient (Wildman–Crippen LogP) is 3.36. The van der Waals surface area contributed by atoms with Crippen LogP contribution in [0.5, 0.6) is 0 Å². The van der Waals surface area contributed by atoms with Crippen molar-refractivity contribution in [3.8, 4) is 0 Å². The third kappa shape index (κ3) is 2.70. The quantitative estimate of drug-likeness (QED) is 0.670. The molecule has 0 aromatic heterocycles. The minimum absolute atomic E-state index is 0.111. The summed E-state index contributed by atoms with van der Waals surface area (Å²) in [7, 11) is 0. The first-order valence-corrected chi connectivity index (χ1v) is 9.16. The zero-order valence-corrected chi connectivity index (χ0v) is 15.6. The zero-order valence-electron chi connectivity index (χ0n) is 15.6. The zero-order chi connectivity index (χ0) is 19.1. The molecule has 0 aliphatic carbocycles. The Morgan fingerprint density at radius 2 is 1.89 bits per heavy atom. The number of hydrogen-bond acceptors (Lipinski definition) is 4. The molecule has 1 fully saturated rings. The number of rotatable bonds is 4. The molecule has 1 saturated heterocycles. The fraction of sp³-hybridized carbons (Fsp3) is 0.273. The standard InChI is InChI=1S/C22H23N3O2/c1-4-13-24-18-8-6-5-7-17(18)23-21-20(24)19(15(3)26)22(27)25(21)16-11-9-14(2)10-12-16/h4-12,19-21,23H,1,13H2,2-3H3. The number of nitrogens with zero attached hydrogens (tertiary/aromatic N) is 2. The van der Waals surface area contributed by atoms with Crippen molar-refractivity contribution in [1.29, 1.82) is 0 Å². The van der Waals surface area contributed by atoms with Gasteiger partial charge in [-0.1, -0.05) is 35.9 Å². The molecule has 138 valence electrons. The van der Waals surface area contributed by atoms with Crippen LogP contribution in [-0.4, -0.2) is 30.4 Å². The van der Waals surface area contributed by atoms with E-state index in [-0.39, 0.29) is 23.9 Å². The average molecular weight is 361 g/mol. The highest BCUT2D eigenvalue weighted by atomic mass is 16.2. The van der Waals surface area contributed by atoms with Gasteiger partial charge in [-0.2, -0.15) is 0 Å². The summed E-state index contributed by atoms with van der Waals surface area (Å²) in [6.45, 7) is 7.96. The van der Waals surface area contributed by atoms with Crippen molar-refractivity contribution >= 4 is 28.8 Å². The molecule has 5 nitrogen and oxygen atoms in total. The van der Waals surface area contributed by atoms with Gasteiger partial charge in [-0.25, -0.2) is 0 Å². The summed E-state index contributed by atoms with van der Waals surface area (Å²) >= 11 is 0. The van der Waals surface area contributed by atoms with Gasteiger partial charge in [-0.3, -0.25) is 14.5 Å². The smallest absolute Gasteiger partial charge is 0.241 e. The molecular formula is C22H23N3O2. The normalized spacial score (nSPS) is 23.5. The van der Waals surface area contributed by atoms with Gasteiger partial charge in [0.25, 0.3) is 0 Å². The van der Waals surface area contributed by atoms with Crippen molar-refractivity contribution in [3.63, 3.8) is 0 Å². The molecule has 0 spiro atoms. The highest BCUT2D eigenvalue weighted by Gasteiger charge is 2.55. The van der Waals surface area contributed by atoms with Crippen LogP contribution in [0.3, 0.4) is 0 Å². The molecule has 2 aliphatic heterocycles. The first-order chi connectivity index (χ1) is 13.0. The molecule has 5 heteroatoms. The Kier molecular flexibility index (Phi) is 4.22. The lowest BCUT2D eigenvalue weighted by Crippen LogP contribution is -2.55. The highest BCUT2D eigenvalue weighted by Crippen LogP contribution is 2.43. The van der Waals surface area contributed by atoms with Crippen molar-refractivity contribution in [2.45, 2.75) is 26.1 Å². The number of ketones is 1. The fourth-order valence-electron chi connectivity index (χ4n) is 4.20. The number of Topliss-reactive ketones (excluding diaryl/α,β-unsaturated/α-hetero) is 1. The molecular weight excluding hydrogens is 338 g/mol. The second kappa shape index (κ2) is 6.58. The first-order valence-electron chi connectivity index (χ1n) is 9.16. The van der Waals surface area contributed by atoms with Crippen molar-refractivity contribution in [1.82, 2.24) is 0 Å². The molecule has 2 aromatic carbocycles. The van der Waals surface area contributed by atoms with Gasteiger partial charge in [0.2, 0.25) is 5.91 Å². The molecule has 1 N–H and O–H groups in total. The number of nitrogens with one attached hydrogen (secondary N) is 1. The van der Waals surface area contributed by atoms with Gasteiger partial charge in [0.15, 0.2) is 0 Å². The summed E-state index contributed by atoms with van der Waals surface area (Å²) in [5, 5.41) is 3.50. The summed E-state index contributed by atoms with van der Waals surface area (Å²) in [6, 6.07) is 15.5. The van der Waals surface area contributed by atoms with Gasteiger partial charge >= 0.3 is 0 Å². The Morgan fingerprint density at radius 3 is 2.56 bits per heavy atom. The number of para-hydroxylation sites is 2. The van der Waals surface area contributed by atoms with E-state index in [0.717, 1.165) is 22.6 Å². The molecule has 0 saturated carbocycles. The molecule has 1 amide bonds. The highest BCUT2D eigenvalue weighted by molar-refractivity contribution is 6.12. The Labute approximate surface area is 159 Å². The van der Waals surface area contributed by atoms with E-state index in [1.165, 1.54) is 6.92 Å². The van der Waals surface area contributed by atoms with Crippen molar-refractivity contribution in [2.24, 2.45) is 5.92 Å². The molecule has 0 bridgehead atoms. The summed E-state index contributed by atoms with van der Waals surface area (Å²) < 4.78 is 0. The monoisotopic (exact) mass is 361 g/mol. The van der Waals surface area contributed by atoms with E-state index in [1.54, 1.807) is 4.90 Å². The van der Waals surface area contributed by atoms with E-state index in [0.29, 0.717) is 6.54 Å². The van der Waals surface area contributed by atoms with Crippen LogP contribution in [0, 0.1) is 12.8 Å². The van der Waals surface area contributed by atoms with Gasteiger partial charge in [-0.15, -0.1) is 6.58 Å². The second-order valence-corrected chi connectivity index (χ2v) is 7.17. The molecule has 3 atom stereocenters. The van der Waals surface area contributed by atoms with Crippen molar-refractivity contribution in [3.05, 3.63) is 66.7 Å². The molecule has 2 aromatic rings. The van der Waals surface area contributed by atoms with Crippen molar-refractivity contribution < 1.29 is 9.59 Å². The number of amides is 1. The molecule has 2 heterocycles. The Balaban J connectivity index is 1.86. The van der Waals surface area contributed by atoms with E-state index in [1.807, 2.05) is 61.5 Å². The lowest BCUT2D eigenvalue weighted by Gasteiger charge is -2.43. The topological polar surface area (TPSA) is 52.7 Å². The maximum absolute atomic E-state index is 13.3. The SMILES string of the molecule is C=CCN1c2ccccc2NC2C1C(C(C)=O)C(=O)N2c1ccc(C)cc1. The van der Waals surface area contributed by atoms with E-state index in [4.69, 9.17) is 0 Å². The maximum atomic E-state index is 13.3. The van der Waals surface area contributed by atoms with Crippen LogP contribution in [-0.2, 0) is 9.59 Å². The number of carbonyl (C=O) groups is 2. The maximum Gasteiger partial charge on any atom is 0.241 e. The second-order valence-electron chi connectivity index (χ2n) is 7.17. The fourth-order valence-corrected chi connectivity index (χ4v) is 4.20. The number of fused-ring (bicyclic) bond motifs is 2. The van der Waals surface area contributed by atoms with Crippen molar-refractivity contribution in [2.75, 3.05) is 21.7 Å². The number of hydrogen-bond donors (Lipinski definition) is 1. The van der Waals surface area contributed by atoms with Crippen LogP contribution in [0.2, 0.25) is 0 Å². The third-order valence-electron chi connectivity index (χ3n) is 5.40. The Morgan fingerprint density at radius 1 is 1.19 bits per heavy atom. The van der Waals surface area contributed by atoms with Crippen LogP contribution in [0.15, 0.2) is 61.2 Å². The van der Waals surface area contributed by atoms with Crippen LogP contribution in [0.1, 0.15) is 12.5 Å². The third-order valence-corrected chi connectivity index (χ3v) is 5.40. The molecule has 0 radical (unpaired) electrons. The minimum Gasteiger partial charge on any atom is -0.361 e. The van der Waals surface area contributed by atoms with Gasteiger partial charge in [0.1, 0.15) is 17.9 Å². The van der Waals surface area contributed by atoms with Crippen LogP contribution in [0.25, 0.3) is 0 Å². The number of carbonyl (C=O) groups excluding carboxylic acids is 2. The molecule has 3 unspecified atom stereocenters. The van der Waals surface area contributed by atoms with Crippen LogP contribution < -0.4 is 15.1 Å². The summed E-state index contributed by atoms with van der Waals surface area (Å²) in [5.74, 6) is -0.979. The van der Waals surface area contributed by atoms with E-state index in [2.05, 4.69) is 16.8 Å². The number of aryl methyl sites for hydroxylation is 1.